The third kappa shape index (κ3) is 5.94. The van der Waals surface area contributed by atoms with Crippen molar-refractivity contribution in [2.45, 2.75) is 38.9 Å². The molecule has 0 aromatic heterocycles. The van der Waals surface area contributed by atoms with Gasteiger partial charge in [-0.15, -0.1) is 0 Å². The first-order chi connectivity index (χ1) is 11.1. The molecule has 3 N–H and O–H groups in total. The fourth-order valence-electron chi connectivity index (χ4n) is 2.89. The Morgan fingerprint density at radius 3 is 2.78 bits per heavy atom. The predicted molar refractivity (Wildman–Crippen MR) is 91.8 cm³/mol. The number of nitrogens with one attached hydrogen (secondary N) is 1. The van der Waals surface area contributed by atoms with E-state index in [1.165, 1.54) is 38.6 Å². The molecule has 1 amide bonds. The van der Waals surface area contributed by atoms with Crippen LogP contribution in [0.1, 0.15) is 30.9 Å². The molecule has 1 atom stereocenters. The molecule has 0 aliphatic carbocycles. The van der Waals surface area contributed by atoms with Gasteiger partial charge in [-0.1, -0.05) is 31.2 Å². The van der Waals surface area contributed by atoms with Gasteiger partial charge in [0.2, 0.25) is 5.91 Å². The summed E-state index contributed by atoms with van der Waals surface area (Å²) in [6, 6.07) is 7.79. The molecule has 2 rings (SSSR count). The minimum Gasteiger partial charge on any atom is -0.383 e. The molecular formula is C18H29N3O2. The van der Waals surface area contributed by atoms with Crippen molar-refractivity contribution in [1.29, 1.82) is 0 Å². The number of likely N-dealkylation sites (tertiary alicyclic amines) is 1. The zero-order valence-corrected chi connectivity index (χ0v) is 14.3. The molecule has 0 bridgehead atoms. The molecule has 128 valence electrons. The fourth-order valence-corrected chi connectivity index (χ4v) is 2.89. The second kappa shape index (κ2) is 9.01. The van der Waals surface area contributed by atoms with E-state index < -0.39 is 6.04 Å². The van der Waals surface area contributed by atoms with Crippen molar-refractivity contribution < 1.29 is 9.53 Å². The first-order valence-corrected chi connectivity index (χ1v) is 8.41. The number of carbonyl (C=O) groups is 1. The van der Waals surface area contributed by atoms with Gasteiger partial charge in [-0.05, 0) is 43.0 Å². The lowest BCUT2D eigenvalue weighted by atomic mass is 9.98. The Kier molecular flexibility index (Phi) is 7.02. The van der Waals surface area contributed by atoms with Gasteiger partial charge in [0.25, 0.3) is 0 Å². The van der Waals surface area contributed by atoms with Gasteiger partial charge in [0, 0.05) is 20.2 Å². The van der Waals surface area contributed by atoms with Crippen LogP contribution in [0, 0.1) is 5.92 Å². The summed E-state index contributed by atoms with van der Waals surface area (Å²) < 4.78 is 4.90. The predicted octanol–water partition coefficient (Wildman–Crippen LogP) is 1.51. The standard InChI is InChI=1S/C18H29N3O2/c1-14-6-8-21(9-7-14)12-16-5-3-4-15(10-16)11-20-18(22)17(19)13-23-2/h3-5,10,14,17H,6-9,11-13,19H2,1-2H3,(H,20,22). The summed E-state index contributed by atoms with van der Waals surface area (Å²) in [7, 11) is 1.54. The zero-order chi connectivity index (χ0) is 16.7. The molecule has 5 nitrogen and oxygen atoms in total. The highest BCUT2D eigenvalue weighted by Gasteiger charge is 2.16. The third-order valence-electron chi connectivity index (χ3n) is 4.42. The average molecular weight is 319 g/mol. The molecule has 1 saturated heterocycles. The summed E-state index contributed by atoms with van der Waals surface area (Å²) in [5, 5.41) is 2.86. The van der Waals surface area contributed by atoms with Crippen LogP contribution in [0.15, 0.2) is 24.3 Å². The van der Waals surface area contributed by atoms with Gasteiger partial charge >= 0.3 is 0 Å². The normalized spacial score (nSPS) is 17.9. The number of benzene rings is 1. The van der Waals surface area contributed by atoms with Crippen LogP contribution in [-0.2, 0) is 22.6 Å². The fraction of sp³-hybridized carbons (Fsp3) is 0.611. The van der Waals surface area contributed by atoms with Crippen LogP contribution in [0.2, 0.25) is 0 Å². The van der Waals surface area contributed by atoms with Crippen molar-refractivity contribution in [1.82, 2.24) is 10.2 Å². The highest BCUT2D eigenvalue weighted by atomic mass is 16.5. The van der Waals surface area contributed by atoms with Crippen molar-refractivity contribution in [2.75, 3.05) is 26.8 Å². The Hall–Kier alpha value is -1.43. The molecule has 1 heterocycles. The highest BCUT2D eigenvalue weighted by Crippen LogP contribution is 2.18. The molecule has 1 fully saturated rings. The van der Waals surface area contributed by atoms with E-state index in [0.717, 1.165) is 18.0 Å². The van der Waals surface area contributed by atoms with E-state index in [-0.39, 0.29) is 12.5 Å². The zero-order valence-electron chi connectivity index (χ0n) is 14.3. The number of hydrogen-bond donors (Lipinski definition) is 2. The number of methoxy groups -OCH3 is 1. The van der Waals surface area contributed by atoms with Gasteiger partial charge in [-0.25, -0.2) is 0 Å². The number of amides is 1. The third-order valence-corrected chi connectivity index (χ3v) is 4.42. The second-order valence-corrected chi connectivity index (χ2v) is 6.56. The van der Waals surface area contributed by atoms with Crippen LogP contribution in [0.3, 0.4) is 0 Å². The van der Waals surface area contributed by atoms with Crippen LogP contribution >= 0.6 is 0 Å². The number of hydrogen-bond acceptors (Lipinski definition) is 4. The van der Waals surface area contributed by atoms with Crippen LogP contribution < -0.4 is 11.1 Å². The number of nitrogens with zero attached hydrogens (tertiary/aromatic N) is 1. The Labute approximate surface area is 139 Å². The van der Waals surface area contributed by atoms with Gasteiger partial charge in [-0.2, -0.15) is 0 Å². The van der Waals surface area contributed by atoms with E-state index in [1.807, 2.05) is 6.07 Å². The molecular weight excluding hydrogens is 290 g/mol. The first-order valence-electron chi connectivity index (χ1n) is 8.41. The lowest BCUT2D eigenvalue weighted by Crippen LogP contribution is -2.43. The molecule has 0 saturated carbocycles. The van der Waals surface area contributed by atoms with Crippen LogP contribution in [0.5, 0.6) is 0 Å². The van der Waals surface area contributed by atoms with Gasteiger partial charge in [-0.3, -0.25) is 9.69 Å². The van der Waals surface area contributed by atoms with Gasteiger partial charge < -0.3 is 15.8 Å². The first kappa shape index (κ1) is 17.9. The molecule has 0 radical (unpaired) electrons. The molecule has 0 spiro atoms. The SMILES string of the molecule is COCC(N)C(=O)NCc1cccc(CN2CCC(C)CC2)c1. The van der Waals surface area contributed by atoms with Crippen molar-refractivity contribution in [3.8, 4) is 0 Å². The Balaban J connectivity index is 1.83. The summed E-state index contributed by atoms with van der Waals surface area (Å²) in [6.45, 7) is 6.40. The molecule has 1 aliphatic rings. The lowest BCUT2D eigenvalue weighted by Gasteiger charge is -2.30. The maximum absolute atomic E-state index is 11.8. The van der Waals surface area contributed by atoms with Crippen molar-refractivity contribution in [3.63, 3.8) is 0 Å². The van der Waals surface area contributed by atoms with E-state index in [0.29, 0.717) is 6.54 Å². The van der Waals surface area contributed by atoms with E-state index in [1.54, 1.807) is 0 Å². The Morgan fingerprint density at radius 1 is 1.39 bits per heavy atom. The van der Waals surface area contributed by atoms with Crippen molar-refractivity contribution >= 4 is 5.91 Å². The van der Waals surface area contributed by atoms with Crippen molar-refractivity contribution in [2.24, 2.45) is 11.7 Å². The lowest BCUT2D eigenvalue weighted by molar-refractivity contribution is -0.123. The number of ether oxygens (including phenoxy) is 1. The van der Waals surface area contributed by atoms with Crippen LogP contribution in [0.25, 0.3) is 0 Å². The summed E-state index contributed by atoms with van der Waals surface area (Å²) >= 11 is 0. The number of nitrogens with two attached hydrogens (primary N) is 1. The maximum Gasteiger partial charge on any atom is 0.239 e. The summed E-state index contributed by atoms with van der Waals surface area (Å²) in [4.78, 5) is 14.3. The summed E-state index contributed by atoms with van der Waals surface area (Å²) in [6.07, 6.45) is 2.57. The number of carbonyl (C=O) groups excluding carboxylic acids is 1. The second-order valence-electron chi connectivity index (χ2n) is 6.56. The van der Waals surface area contributed by atoms with E-state index >= 15 is 0 Å². The largest absolute Gasteiger partial charge is 0.383 e. The average Bonchev–Trinajstić information content (AvgIpc) is 2.55. The molecule has 23 heavy (non-hydrogen) atoms. The summed E-state index contributed by atoms with van der Waals surface area (Å²) in [5.74, 6) is 0.673. The molecule has 1 aromatic carbocycles. The smallest absolute Gasteiger partial charge is 0.239 e. The minimum absolute atomic E-state index is 0.178. The quantitative estimate of drug-likeness (QED) is 0.799. The highest BCUT2D eigenvalue weighted by molar-refractivity contribution is 5.81. The van der Waals surface area contributed by atoms with Gasteiger partial charge in [0.1, 0.15) is 6.04 Å². The van der Waals surface area contributed by atoms with Crippen LogP contribution in [-0.4, -0.2) is 43.7 Å². The molecule has 1 aromatic rings. The van der Waals surface area contributed by atoms with Gasteiger partial charge in [0.15, 0.2) is 0 Å². The van der Waals surface area contributed by atoms with E-state index in [2.05, 4.69) is 35.3 Å². The number of rotatable bonds is 7. The van der Waals surface area contributed by atoms with E-state index in [4.69, 9.17) is 10.5 Å². The topological polar surface area (TPSA) is 67.6 Å². The number of piperidine rings is 1. The summed E-state index contributed by atoms with van der Waals surface area (Å²) in [5.41, 5.74) is 8.11. The molecule has 1 unspecified atom stereocenters. The molecule has 5 heteroatoms. The Bertz CT molecular complexity index is 499. The molecule has 1 aliphatic heterocycles. The van der Waals surface area contributed by atoms with Crippen molar-refractivity contribution in [3.05, 3.63) is 35.4 Å². The van der Waals surface area contributed by atoms with Gasteiger partial charge in [0.05, 0.1) is 6.61 Å². The Morgan fingerprint density at radius 2 is 2.09 bits per heavy atom. The monoisotopic (exact) mass is 319 g/mol. The maximum atomic E-state index is 11.8. The minimum atomic E-state index is -0.612. The van der Waals surface area contributed by atoms with E-state index in [9.17, 15) is 4.79 Å². The van der Waals surface area contributed by atoms with Crippen LogP contribution in [0.4, 0.5) is 0 Å².